The predicted octanol–water partition coefficient (Wildman–Crippen LogP) is 3.64. The highest BCUT2D eigenvalue weighted by molar-refractivity contribution is 5.87. The third-order valence-electron chi connectivity index (χ3n) is 5.02. The Bertz CT molecular complexity index is 750. The van der Waals surface area contributed by atoms with Gasteiger partial charge in [0.1, 0.15) is 5.75 Å². The van der Waals surface area contributed by atoms with E-state index in [0.717, 1.165) is 37.2 Å². The molecule has 5 heteroatoms. The second-order valence-electron chi connectivity index (χ2n) is 6.95. The van der Waals surface area contributed by atoms with Crippen molar-refractivity contribution in [3.63, 3.8) is 0 Å². The first kappa shape index (κ1) is 19.0. The maximum atomic E-state index is 12.4. The summed E-state index contributed by atoms with van der Waals surface area (Å²) in [5.41, 5.74) is 1.25. The highest BCUT2D eigenvalue weighted by Gasteiger charge is 2.23. The molecule has 0 saturated carbocycles. The molecule has 1 amide bonds. The van der Waals surface area contributed by atoms with E-state index in [0.29, 0.717) is 25.4 Å². The molecule has 1 saturated heterocycles. The van der Waals surface area contributed by atoms with E-state index >= 15 is 0 Å². The van der Waals surface area contributed by atoms with Crippen LogP contribution in [0.15, 0.2) is 54.6 Å². The number of carbonyl (C=O) groups is 2. The standard InChI is InChI=1S/C22H25NO4/c24-21(11-8-17-6-9-19(10-7-17)22(25)26)23-14-12-18(13-15-23)16-27-20-4-2-1-3-5-20/h1-7,9-10,18H,8,11-16H2,(H,25,26). The number of piperidine rings is 1. The molecule has 1 fully saturated rings. The Kier molecular flexibility index (Phi) is 6.47. The van der Waals surface area contributed by atoms with Gasteiger partial charge in [-0.15, -0.1) is 0 Å². The Labute approximate surface area is 159 Å². The Balaban J connectivity index is 1.38. The normalized spacial score (nSPS) is 14.7. The van der Waals surface area contributed by atoms with Crippen LogP contribution in [0.3, 0.4) is 0 Å². The Morgan fingerprint density at radius 2 is 1.67 bits per heavy atom. The maximum absolute atomic E-state index is 12.4. The van der Waals surface area contributed by atoms with Gasteiger partial charge in [0, 0.05) is 19.5 Å². The number of hydrogen-bond acceptors (Lipinski definition) is 3. The first-order valence-electron chi connectivity index (χ1n) is 9.39. The molecule has 1 heterocycles. The zero-order valence-electron chi connectivity index (χ0n) is 15.3. The lowest BCUT2D eigenvalue weighted by atomic mass is 9.97. The summed E-state index contributed by atoms with van der Waals surface area (Å²) in [4.78, 5) is 25.2. The van der Waals surface area contributed by atoms with Gasteiger partial charge in [-0.1, -0.05) is 30.3 Å². The molecule has 27 heavy (non-hydrogen) atoms. The van der Waals surface area contributed by atoms with Crippen LogP contribution in [0.4, 0.5) is 0 Å². The summed E-state index contributed by atoms with van der Waals surface area (Å²) in [6.07, 6.45) is 3.02. The van der Waals surface area contributed by atoms with Crippen LogP contribution < -0.4 is 4.74 Å². The highest BCUT2D eigenvalue weighted by Crippen LogP contribution is 2.20. The van der Waals surface area contributed by atoms with E-state index in [4.69, 9.17) is 9.84 Å². The second-order valence-corrected chi connectivity index (χ2v) is 6.95. The van der Waals surface area contributed by atoms with Crippen LogP contribution in [0.5, 0.6) is 5.75 Å². The molecule has 0 radical (unpaired) electrons. The second kappa shape index (κ2) is 9.21. The minimum atomic E-state index is -0.934. The average molecular weight is 367 g/mol. The average Bonchev–Trinajstić information content (AvgIpc) is 2.72. The number of carbonyl (C=O) groups excluding carboxylic acids is 1. The van der Waals surface area contributed by atoms with Crippen LogP contribution in [0, 0.1) is 5.92 Å². The van der Waals surface area contributed by atoms with Crippen molar-refractivity contribution in [2.24, 2.45) is 5.92 Å². The summed E-state index contributed by atoms with van der Waals surface area (Å²) in [7, 11) is 0. The van der Waals surface area contributed by atoms with E-state index < -0.39 is 5.97 Å². The third-order valence-corrected chi connectivity index (χ3v) is 5.02. The molecule has 5 nitrogen and oxygen atoms in total. The molecular formula is C22H25NO4. The number of aromatic carboxylic acids is 1. The van der Waals surface area contributed by atoms with Crippen LogP contribution >= 0.6 is 0 Å². The van der Waals surface area contributed by atoms with Gasteiger partial charge in [0.2, 0.25) is 5.91 Å². The molecule has 1 aliphatic heterocycles. The number of likely N-dealkylation sites (tertiary alicyclic amines) is 1. The van der Waals surface area contributed by atoms with Crippen LogP contribution in [0.25, 0.3) is 0 Å². The number of ether oxygens (including phenoxy) is 1. The van der Waals surface area contributed by atoms with Crippen LogP contribution in [-0.4, -0.2) is 41.6 Å². The van der Waals surface area contributed by atoms with E-state index in [1.54, 1.807) is 24.3 Å². The first-order valence-corrected chi connectivity index (χ1v) is 9.39. The van der Waals surface area contributed by atoms with Gasteiger partial charge in [-0.3, -0.25) is 4.79 Å². The van der Waals surface area contributed by atoms with Crippen LogP contribution in [-0.2, 0) is 11.2 Å². The fraction of sp³-hybridized carbons (Fsp3) is 0.364. The number of benzene rings is 2. The summed E-state index contributed by atoms with van der Waals surface area (Å²) >= 11 is 0. The van der Waals surface area contributed by atoms with Gasteiger partial charge in [0.25, 0.3) is 0 Å². The molecule has 0 atom stereocenters. The minimum absolute atomic E-state index is 0.166. The molecule has 0 aromatic heterocycles. The summed E-state index contributed by atoms with van der Waals surface area (Å²) in [5.74, 6) is 0.610. The molecule has 1 aliphatic rings. The number of rotatable bonds is 7. The molecule has 0 unspecified atom stereocenters. The Morgan fingerprint density at radius 1 is 1.00 bits per heavy atom. The van der Waals surface area contributed by atoms with Gasteiger partial charge >= 0.3 is 5.97 Å². The third kappa shape index (κ3) is 5.58. The van der Waals surface area contributed by atoms with Crippen LogP contribution in [0.1, 0.15) is 35.2 Å². The predicted molar refractivity (Wildman–Crippen MR) is 103 cm³/mol. The van der Waals surface area contributed by atoms with E-state index in [1.165, 1.54) is 0 Å². The van der Waals surface area contributed by atoms with Crippen LogP contribution in [0.2, 0.25) is 0 Å². The first-order chi connectivity index (χ1) is 13.1. The molecule has 3 rings (SSSR count). The lowest BCUT2D eigenvalue weighted by molar-refractivity contribution is -0.132. The van der Waals surface area contributed by atoms with Crippen molar-refractivity contribution in [1.82, 2.24) is 4.90 Å². The lowest BCUT2D eigenvalue weighted by Gasteiger charge is -2.32. The summed E-state index contributed by atoms with van der Waals surface area (Å²) in [6.45, 7) is 2.25. The largest absolute Gasteiger partial charge is 0.493 e. The maximum Gasteiger partial charge on any atom is 0.335 e. The highest BCUT2D eigenvalue weighted by atomic mass is 16.5. The number of hydrogen-bond donors (Lipinski definition) is 1. The quantitative estimate of drug-likeness (QED) is 0.811. The van der Waals surface area contributed by atoms with Crippen molar-refractivity contribution in [2.75, 3.05) is 19.7 Å². The number of amides is 1. The van der Waals surface area contributed by atoms with Crippen molar-refractivity contribution in [2.45, 2.75) is 25.7 Å². The summed E-state index contributed by atoms with van der Waals surface area (Å²) < 4.78 is 5.83. The van der Waals surface area contributed by atoms with Gasteiger partial charge in [-0.25, -0.2) is 4.79 Å². The Morgan fingerprint density at radius 3 is 2.30 bits per heavy atom. The minimum Gasteiger partial charge on any atom is -0.493 e. The van der Waals surface area contributed by atoms with Crippen molar-refractivity contribution in [3.05, 3.63) is 65.7 Å². The molecular weight excluding hydrogens is 342 g/mol. The molecule has 1 N–H and O–H groups in total. The van der Waals surface area contributed by atoms with E-state index in [2.05, 4.69) is 0 Å². The zero-order chi connectivity index (χ0) is 19.1. The molecule has 0 bridgehead atoms. The molecule has 0 spiro atoms. The van der Waals surface area contributed by atoms with Crippen molar-refractivity contribution >= 4 is 11.9 Å². The number of para-hydroxylation sites is 1. The fourth-order valence-corrected chi connectivity index (χ4v) is 3.30. The van der Waals surface area contributed by atoms with Crippen molar-refractivity contribution in [1.29, 1.82) is 0 Å². The van der Waals surface area contributed by atoms with Gasteiger partial charge in [0.15, 0.2) is 0 Å². The molecule has 142 valence electrons. The number of carboxylic acids is 1. The zero-order valence-corrected chi connectivity index (χ0v) is 15.3. The number of aryl methyl sites for hydroxylation is 1. The topological polar surface area (TPSA) is 66.8 Å². The molecule has 2 aromatic rings. The lowest BCUT2D eigenvalue weighted by Crippen LogP contribution is -2.39. The molecule has 2 aromatic carbocycles. The monoisotopic (exact) mass is 367 g/mol. The summed E-state index contributed by atoms with van der Waals surface area (Å²) in [5, 5.41) is 8.92. The fourth-order valence-electron chi connectivity index (χ4n) is 3.30. The van der Waals surface area contributed by atoms with Crippen molar-refractivity contribution < 1.29 is 19.4 Å². The SMILES string of the molecule is O=C(O)c1ccc(CCC(=O)N2CCC(COc3ccccc3)CC2)cc1. The Hall–Kier alpha value is -2.82. The van der Waals surface area contributed by atoms with Crippen molar-refractivity contribution in [3.8, 4) is 5.75 Å². The van der Waals surface area contributed by atoms with Gasteiger partial charge in [-0.2, -0.15) is 0 Å². The van der Waals surface area contributed by atoms with Gasteiger partial charge in [-0.05, 0) is 55.0 Å². The van der Waals surface area contributed by atoms with E-state index in [9.17, 15) is 9.59 Å². The van der Waals surface area contributed by atoms with Gasteiger partial charge in [0.05, 0.1) is 12.2 Å². The van der Waals surface area contributed by atoms with E-state index in [-0.39, 0.29) is 11.5 Å². The number of nitrogens with zero attached hydrogens (tertiary/aromatic N) is 1. The molecule has 0 aliphatic carbocycles. The van der Waals surface area contributed by atoms with Gasteiger partial charge < -0.3 is 14.7 Å². The number of carboxylic acid groups (broad SMARTS) is 1. The summed E-state index contributed by atoms with van der Waals surface area (Å²) in [6, 6.07) is 16.5. The smallest absolute Gasteiger partial charge is 0.335 e. The van der Waals surface area contributed by atoms with E-state index in [1.807, 2.05) is 35.2 Å².